The van der Waals surface area contributed by atoms with Gasteiger partial charge in [0.1, 0.15) is 0 Å². The number of piperidine rings is 1. The third kappa shape index (κ3) is 3.79. The highest BCUT2D eigenvalue weighted by Crippen LogP contribution is 2.26. The Morgan fingerprint density at radius 3 is 2.54 bits per heavy atom. The van der Waals surface area contributed by atoms with E-state index in [1.165, 1.54) is 0 Å². The predicted octanol–water partition coefficient (Wildman–Crippen LogP) is 4.87. The van der Waals surface area contributed by atoms with Gasteiger partial charge >= 0.3 is 0 Å². The molecule has 4 nitrogen and oxygen atoms in total. The molecule has 0 spiro atoms. The molecular weight excluding hydrogens is 392 g/mol. The minimum atomic E-state index is -0.240. The van der Waals surface area contributed by atoms with Crippen molar-refractivity contribution in [2.24, 2.45) is 0 Å². The summed E-state index contributed by atoms with van der Waals surface area (Å²) >= 11 is 9.44. The molecule has 1 saturated heterocycles. The van der Waals surface area contributed by atoms with Crippen molar-refractivity contribution in [2.75, 3.05) is 16.8 Å². The highest BCUT2D eigenvalue weighted by atomic mass is 79.9. The molecule has 2 amide bonds. The zero-order valence-electron chi connectivity index (χ0n) is 12.9. The van der Waals surface area contributed by atoms with Crippen LogP contribution in [0.15, 0.2) is 46.9 Å². The maximum Gasteiger partial charge on any atom is 0.255 e. The highest BCUT2D eigenvalue weighted by molar-refractivity contribution is 9.10. The molecule has 2 aromatic rings. The number of amides is 2. The largest absolute Gasteiger partial charge is 0.321 e. The van der Waals surface area contributed by atoms with Crippen LogP contribution >= 0.6 is 27.5 Å². The van der Waals surface area contributed by atoms with Gasteiger partial charge in [-0.25, -0.2) is 0 Å². The lowest BCUT2D eigenvalue weighted by Crippen LogP contribution is -2.35. The van der Waals surface area contributed by atoms with Crippen molar-refractivity contribution in [1.29, 1.82) is 0 Å². The zero-order valence-corrected chi connectivity index (χ0v) is 15.2. The van der Waals surface area contributed by atoms with Crippen LogP contribution in [0.25, 0.3) is 0 Å². The molecule has 0 radical (unpaired) electrons. The first-order valence-corrected chi connectivity index (χ1v) is 8.88. The average molecular weight is 408 g/mol. The molecule has 1 N–H and O–H groups in total. The maximum atomic E-state index is 12.3. The van der Waals surface area contributed by atoms with Crippen LogP contribution in [-0.2, 0) is 4.79 Å². The number of carbonyl (C=O) groups is 2. The monoisotopic (exact) mass is 406 g/mol. The van der Waals surface area contributed by atoms with E-state index in [9.17, 15) is 9.59 Å². The molecule has 1 aliphatic heterocycles. The summed E-state index contributed by atoms with van der Waals surface area (Å²) in [6.45, 7) is 0.735. The summed E-state index contributed by atoms with van der Waals surface area (Å²) in [6, 6.07) is 12.3. The first kappa shape index (κ1) is 17.0. The van der Waals surface area contributed by atoms with Gasteiger partial charge in [-0.05, 0) is 55.3 Å². The molecule has 0 atom stereocenters. The van der Waals surface area contributed by atoms with Crippen molar-refractivity contribution in [3.8, 4) is 0 Å². The Balaban J connectivity index is 1.73. The Labute approximate surface area is 153 Å². The highest BCUT2D eigenvalue weighted by Gasteiger charge is 2.19. The lowest BCUT2D eigenvalue weighted by molar-refractivity contribution is -0.119. The molecule has 6 heteroatoms. The molecule has 0 bridgehead atoms. The molecule has 2 aromatic carbocycles. The molecule has 124 valence electrons. The number of hydrogen-bond acceptors (Lipinski definition) is 2. The van der Waals surface area contributed by atoms with Crippen LogP contribution in [-0.4, -0.2) is 18.4 Å². The van der Waals surface area contributed by atoms with Gasteiger partial charge in [0.25, 0.3) is 5.91 Å². The summed E-state index contributed by atoms with van der Waals surface area (Å²) in [7, 11) is 0. The number of nitrogens with zero attached hydrogens (tertiary/aromatic N) is 1. The Bertz CT molecular complexity index is 777. The van der Waals surface area contributed by atoms with Gasteiger partial charge in [0.2, 0.25) is 5.91 Å². The number of nitrogens with one attached hydrogen (secondary N) is 1. The number of carbonyl (C=O) groups excluding carboxylic acids is 2. The SMILES string of the molecule is O=C(Nc1ccc(Br)cc1Cl)c1ccc(N2CCCCC2=O)cc1. The second-order valence-electron chi connectivity index (χ2n) is 5.63. The zero-order chi connectivity index (χ0) is 17.1. The molecule has 1 aliphatic rings. The van der Waals surface area contributed by atoms with E-state index in [2.05, 4.69) is 21.2 Å². The fraction of sp³-hybridized carbons (Fsp3) is 0.222. The quantitative estimate of drug-likeness (QED) is 0.789. The summed E-state index contributed by atoms with van der Waals surface area (Å²) in [4.78, 5) is 26.1. The summed E-state index contributed by atoms with van der Waals surface area (Å²) < 4.78 is 0.848. The normalized spacial score (nSPS) is 14.6. The second kappa shape index (κ2) is 7.36. The van der Waals surface area contributed by atoms with Crippen LogP contribution in [0.3, 0.4) is 0 Å². The van der Waals surface area contributed by atoms with Crippen molar-refractivity contribution in [3.63, 3.8) is 0 Å². The van der Waals surface area contributed by atoms with Crippen molar-refractivity contribution >= 4 is 50.7 Å². The van der Waals surface area contributed by atoms with Crippen LogP contribution in [0.4, 0.5) is 11.4 Å². The molecule has 3 rings (SSSR count). The predicted molar refractivity (Wildman–Crippen MR) is 99.8 cm³/mol. The van der Waals surface area contributed by atoms with Crippen molar-refractivity contribution < 1.29 is 9.59 Å². The molecule has 0 saturated carbocycles. The van der Waals surface area contributed by atoms with Crippen molar-refractivity contribution in [3.05, 3.63) is 57.5 Å². The lowest BCUT2D eigenvalue weighted by atomic mass is 10.1. The Morgan fingerprint density at radius 1 is 1.12 bits per heavy atom. The van der Waals surface area contributed by atoms with E-state index in [0.29, 0.717) is 22.7 Å². The molecule has 1 heterocycles. The molecule has 24 heavy (non-hydrogen) atoms. The van der Waals surface area contributed by atoms with Crippen LogP contribution < -0.4 is 10.2 Å². The summed E-state index contributed by atoms with van der Waals surface area (Å²) in [5, 5.41) is 3.26. The second-order valence-corrected chi connectivity index (χ2v) is 6.95. The topological polar surface area (TPSA) is 49.4 Å². The first-order valence-electron chi connectivity index (χ1n) is 7.71. The standard InChI is InChI=1S/C18H16BrClN2O2/c19-13-6-9-16(15(20)11-13)21-18(24)12-4-7-14(8-5-12)22-10-2-1-3-17(22)23/h4-9,11H,1-3,10H2,(H,21,24). The van der Waals surface area contributed by atoms with Crippen molar-refractivity contribution in [1.82, 2.24) is 0 Å². The summed E-state index contributed by atoms with van der Waals surface area (Å²) in [5.74, 6) is -0.101. The van der Waals surface area contributed by atoms with Crippen molar-refractivity contribution in [2.45, 2.75) is 19.3 Å². The van der Waals surface area contributed by atoms with Crippen LogP contribution in [0.1, 0.15) is 29.6 Å². The summed E-state index contributed by atoms with van der Waals surface area (Å²) in [6.07, 6.45) is 2.55. The molecule has 0 aromatic heterocycles. The molecule has 1 fully saturated rings. The Morgan fingerprint density at radius 2 is 1.88 bits per heavy atom. The van der Waals surface area contributed by atoms with Gasteiger partial charge in [-0.1, -0.05) is 27.5 Å². The number of benzene rings is 2. The first-order chi connectivity index (χ1) is 11.5. The third-order valence-corrected chi connectivity index (χ3v) is 4.75. The van der Waals surface area contributed by atoms with Gasteiger partial charge in [-0.3, -0.25) is 9.59 Å². The molecule has 0 unspecified atom stereocenters. The maximum absolute atomic E-state index is 12.3. The Kier molecular flexibility index (Phi) is 5.21. The lowest BCUT2D eigenvalue weighted by Gasteiger charge is -2.26. The molecule has 0 aliphatic carbocycles. The van der Waals surface area contributed by atoms with E-state index < -0.39 is 0 Å². The van der Waals surface area contributed by atoms with Gasteiger partial charge in [0.15, 0.2) is 0 Å². The molecular formula is C18H16BrClN2O2. The number of rotatable bonds is 3. The van der Waals surface area contributed by atoms with E-state index in [1.807, 2.05) is 6.07 Å². The number of anilines is 2. The van der Waals surface area contributed by atoms with E-state index in [0.717, 1.165) is 29.5 Å². The van der Waals surface area contributed by atoms with Gasteiger partial charge in [-0.2, -0.15) is 0 Å². The minimum Gasteiger partial charge on any atom is -0.321 e. The minimum absolute atomic E-state index is 0.139. The fourth-order valence-electron chi connectivity index (χ4n) is 2.66. The number of hydrogen-bond donors (Lipinski definition) is 1. The van der Waals surface area contributed by atoms with Crippen LogP contribution in [0, 0.1) is 0 Å². The fourth-order valence-corrected chi connectivity index (χ4v) is 3.38. The summed E-state index contributed by atoms with van der Waals surface area (Å²) in [5.41, 5.74) is 1.90. The van der Waals surface area contributed by atoms with E-state index in [1.54, 1.807) is 41.3 Å². The van der Waals surface area contributed by atoms with Gasteiger partial charge < -0.3 is 10.2 Å². The van der Waals surface area contributed by atoms with Gasteiger partial charge in [0.05, 0.1) is 10.7 Å². The van der Waals surface area contributed by atoms with Crippen LogP contribution in [0.2, 0.25) is 5.02 Å². The van der Waals surface area contributed by atoms with E-state index in [-0.39, 0.29) is 11.8 Å². The van der Waals surface area contributed by atoms with Gasteiger partial charge in [-0.15, -0.1) is 0 Å². The third-order valence-electron chi connectivity index (χ3n) is 3.94. The smallest absolute Gasteiger partial charge is 0.255 e. The average Bonchev–Trinajstić information content (AvgIpc) is 2.58. The van der Waals surface area contributed by atoms with Gasteiger partial charge in [0, 0.05) is 28.7 Å². The number of halogens is 2. The van der Waals surface area contributed by atoms with E-state index >= 15 is 0 Å². The van der Waals surface area contributed by atoms with E-state index in [4.69, 9.17) is 11.6 Å². The Hall–Kier alpha value is -1.85. The van der Waals surface area contributed by atoms with Crippen LogP contribution in [0.5, 0.6) is 0 Å².